The van der Waals surface area contributed by atoms with Crippen molar-refractivity contribution in [1.29, 1.82) is 0 Å². The number of hydrogen-bond donors (Lipinski definition) is 1. The second-order valence-corrected chi connectivity index (χ2v) is 7.63. The summed E-state index contributed by atoms with van der Waals surface area (Å²) in [5.74, 6) is 1.79. The van der Waals surface area contributed by atoms with Gasteiger partial charge in [-0.05, 0) is 0 Å². The van der Waals surface area contributed by atoms with Crippen LogP contribution in [-0.4, -0.2) is 28.3 Å². The van der Waals surface area contributed by atoms with E-state index in [0.717, 1.165) is 24.6 Å². The summed E-state index contributed by atoms with van der Waals surface area (Å²) in [6.07, 6.45) is 0. The van der Waals surface area contributed by atoms with E-state index in [1.54, 1.807) is 0 Å². The molecule has 0 amide bonds. The Kier molecular flexibility index (Phi) is 3.15. The van der Waals surface area contributed by atoms with E-state index in [0.29, 0.717) is 26.6 Å². The molecular formula is C16H15NO2Se. The molecule has 3 nitrogen and oxygen atoms in total. The first-order chi connectivity index (χ1) is 9.90. The fraction of sp³-hybridized carbons (Fsp3) is 0.250. The number of rotatable bonds is 2. The van der Waals surface area contributed by atoms with Gasteiger partial charge in [0, 0.05) is 0 Å². The van der Waals surface area contributed by atoms with Crippen LogP contribution in [0, 0.1) is 0 Å². The molecule has 0 aliphatic carbocycles. The van der Waals surface area contributed by atoms with Gasteiger partial charge in [-0.2, -0.15) is 0 Å². The van der Waals surface area contributed by atoms with Crippen LogP contribution in [0.25, 0.3) is 0 Å². The summed E-state index contributed by atoms with van der Waals surface area (Å²) in [5.41, 5.74) is 2.78. The molecule has 20 heavy (non-hydrogen) atoms. The summed E-state index contributed by atoms with van der Waals surface area (Å²) in [6, 6.07) is 15.1. The average molecular weight is 332 g/mol. The second kappa shape index (κ2) is 5.13. The summed E-state index contributed by atoms with van der Waals surface area (Å²) in [6.45, 7) is 2.31. The van der Waals surface area contributed by atoms with Gasteiger partial charge in [-0.3, -0.25) is 0 Å². The van der Waals surface area contributed by atoms with E-state index < -0.39 is 0 Å². The Morgan fingerprint density at radius 3 is 2.70 bits per heavy atom. The Morgan fingerprint density at radius 1 is 1.05 bits per heavy atom. The standard InChI is InChI=1S/C16H15NO2Se/c1-2-4-12(5-3-1)20-16-9-17-8-11-6-14-15(7-13(11)16)19-10-18-14/h1-7,16-17H,8-10H2. The van der Waals surface area contributed by atoms with Crippen molar-refractivity contribution < 1.29 is 9.47 Å². The van der Waals surface area contributed by atoms with Crippen LogP contribution in [0.5, 0.6) is 11.5 Å². The summed E-state index contributed by atoms with van der Waals surface area (Å²) in [4.78, 5) is 0.558. The van der Waals surface area contributed by atoms with Gasteiger partial charge < -0.3 is 0 Å². The van der Waals surface area contributed by atoms with Crippen molar-refractivity contribution in [2.24, 2.45) is 0 Å². The van der Waals surface area contributed by atoms with Gasteiger partial charge in [0.25, 0.3) is 0 Å². The minimum absolute atomic E-state index is 0.347. The minimum atomic E-state index is 0.347. The molecule has 1 unspecified atom stereocenters. The third-order valence-electron chi connectivity index (χ3n) is 3.65. The van der Waals surface area contributed by atoms with E-state index in [4.69, 9.17) is 9.47 Å². The van der Waals surface area contributed by atoms with Crippen LogP contribution in [0.1, 0.15) is 15.9 Å². The Bertz CT molecular complexity index is 630. The van der Waals surface area contributed by atoms with Gasteiger partial charge >= 0.3 is 124 Å². The molecular weight excluding hydrogens is 317 g/mol. The number of ether oxygens (including phenoxy) is 2. The molecule has 0 spiro atoms. The number of nitrogens with one attached hydrogen (secondary N) is 1. The molecule has 2 aromatic rings. The molecule has 1 atom stereocenters. The molecule has 2 aliphatic heterocycles. The molecule has 4 rings (SSSR count). The van der Waals surface area contributed by atoms with E-state index in [1.165, 1.54) is 15.6 Å². The summed E-state index contributed by atoms with van der Waals surface area (Å²) < 4.78 is 12.4. The predicted molar refractivity (Wildman–Crippen MR) is 78.8 cm³/mol. The third kappa shape index (κ3) is 2.20. The maximum absolute atomic E-state index is 5.53. The van der Waals surface area contributed by atoms with E-state index in [1.807, 2.05) is 0 Å². The van der Waals surface area contributed by atoms with Gasteiger partial charge in [-0.25, -0.2) is 0 Å². The van der Waals surface area contributed by atoms with Gasteiger partial charge in [0.05, 0.1) is 0 Å². The average Bonchev–Trinajstić information content (AvgIpc) is 2.94. The van der Waals surface area contributed by atoms with E-state index in [-0.39, 0.29) is 0 Å². The van der Waals surface area contributed by atoms with Crippen LogP contribution < -0.4 is 19.3 Å². The number of hydrogen-bond acceptors (Lipinski definition) is 3. The molecule has 0 bridgehead atoms. The Balaban J connectivity index is 1.68. The molecule has 0 aromatic heterocycles. The van der Waals surface area contributed by atoms with Crippen molar-refractivity contribution in [3.8, 4) is 11.5 Å². The van der Waals surface area contributed by atoms with E-state index >= 15 is 0 Å². The first-order valence-corrected chi connectivity index (χ1v) is 8.59. The SMILES string of the molecule is c1ccc([Se]C2CNCc3cc4c(cc32)OCO4)cc1. The molecule has 102 valence electrons. The molecule has 2 aromatic carbocycles. The van der Waals surface area contributed by atoms with Gasteiger partial charge in [0.2, 0.25) is 0 Å². The quantitative estimate of drug-likeness (QED) is 0.848. The fourth-order valence-electron chi connectivity index (χ4n) is 2.67. The monoisotopic (exact) mass is 333 g/mol. The molecule has 2 heterocycles. The zero-order valence-corrected chi connectivity index (χ0v) is 12.7. The molecule has 0 fully saturated rings. The Labute approximate surface area is 124 Å². The fourth-order valence-corrected chi connectivity index (χ4v) is 5.17. The molecule has 4 heteroatoms. The van der Waals surface area contributed by atoms with Crippen molar-refractivity contribution in [2.75, 3.05) is 13.3 Å². The molecule has 0 radical (unpaired) electrons. The van der Waals surface area contributed by atoms with Crippen molar-refractivity contribution in [2.45, 2.75) is 11.4 Å². The third-order valence-corrected chi connectivity index (χ3v) is 6.27. The molecule has 0 saturated carbocycles. The van der Waals surface area contributed by atoms with Crippen molar-refractivity contribution in [3.05, 3.63) is 53.6 Å². The van der Waals surface area contributed by atoms with Crippen LogP contribution in [-0.2, 0) is 6.54 Å². The van der Waals surface area contributed by atoms with Gasteiger partial charge in [0.1, 0.15) is 0 Å². The van der Waals surface area contributed by atoms with Gasteiger partial charge in [-0.15, -0.1) is 0 Å². The van der Waals surface area contributed by atoms with Crippen LogP contribution in [0.15, 0.2) is 42.5 Å². The summed E-state index contributed by atoms with van der Waals surface area (Å²) in [7, 11) is 0. The van der Waals surface area contributed by atoms with E-state index in [2.05, 4.69) is 47.8 Å². The normalized spacial score (nSPS) is 19.7. The number of benzene rings is 2. The first kappa shape index (κ1) is 12.3. The van der Waals surface area contributed by atoms with E-state index in [9.17, 15) is 0 Å². The van der Waals surface area contributed by atoms with Crippen molar-refractivity contribution in [3.63, 3.8) is 0 Å². The van der Waals surface area contributed by atoms with Crippen LogP contribution in [0.2, 0.25) is 0 Å². The Hall–Kier alpha value is -1.48. The van der Waals surface area contributed by atoms with Gasteiger partial charge in [0.15, 0.2) is 0 Å². The Morgan fingerprint density at radius 2 is 1.85 bits per heavy atom. The zero-order valence-electron chi connectivity index (χ0n) is 11.0. The predicted octanol–water partition coefficient (Wildman–Crippen LogP) is 1.59. The van der Waals surface area contributed by atoms with Crippen molar-refractivity contribution in [1.82, 2.24) is 5.32 Å². The first-order valence-electron chi connectivity index (χ1n) is 6.75. The maximum atomic E-state index is 5.53. The second-order valence-electron chi connectivity index (χ2n) is 4.95. The van der Waals surface area contributed by atoms with Gasteiger partial charge in [-0.1, -0.05) is 0 Å². The topological polar surface area (TPSA) is 30.5 Å². The molecule has 2 aliphatic rings. The summed E-state index contributed by atoms with van der Waals surface area (Å²) in [5, 5.41) is 3.52. The zero-order chi connectivity index (χ0) is 13.4. The van der Waals surface area contributed by atoms with Crippen LogP contribution in [0.3, 0.4) is 0 Å². The van der Waals surface area contributed by atoms with Crippen LogP contribution in [0.4, 0.5) is 0 Å². The molecule has 0 saturated heterocycles. The van der Waals surface area contributed by atoms with Crippen LogP contribution >= 0.6 is 0 Å². The number of fused-ring (bicyclic) bond motifs is 2. The van der Waals surface area contributed by atoms with Crippen molar-refractivity contribution >= 4 is 19.4 Å². The summed E-state index contributed by atoms with van der Waals surface area (Å²) >= 11 is 0.428. The molecule has 1 N–H and O–H groups in total.